The Bertz CT molecular complexity index is 312. The molecule has 1 aliphatic rings. The van der Waals surface area contributed by atoms with Gasteiger partial charge in [-0.1, -0.05) is 26.2 Å². The third-order valence-corrected chi connectivity index (χ3v) is 3.83. The van der Waals surface area contributed by atoms with Crippen molar-refractivity contribution in [3.05, 3.63) is 0 Å². The molecule has 0 aromatic heterocycles. The van der Waals surface area contributed by atoms with Crippen molar-refractivity contribution in [2.24, 2.45) is 0 Å². The summed E-state index contributed by atoms with van der Waals surface area (Å²) in [6.07, 6.45) is 5.60. The first-order valence-corrected chi connectivity index (χ1v) is 7.32. The summed E-state index contributed by atoms with van der Waals surface area (Å²) in [5.41, 5.74) is -0.539. The second-order valence-corrected chi connectivity index (χ2v) is 5.42. The van der Waals surface area contributed by atoms with Gasteiger partial charge >= 0.3 is 12.0 Å². The first-order chi connectivity index (χ1) is 9.03. The number of urea groups is 1. The van der Waals surface area contributed by atoms with Gasteiger partial charge in [-0.3, -0.25) is 4.79 Å². The van der Waals surface area contributed by atoms with E-state index in [0.717, 1.165) is 38.5 Å². The molecule has 0 aromatic carbocycles. The maximum absolute atomic E-state index is 12.2. The predicted molar refractivity (Wildman–Crippen MR) is 74.1 cm³/mol. The number of hydrogen-bond donors (Lipinski definition) is 2. The lowest BCUT2D eigenvalue weighted by Gasteiger charge is -2.38. The van der Waals surface area contributed by atoms with Crippen molar-refractivity contribution in [2.75, 3.05) is 13.1 Å². The zero-order valence-electron chi connectivity index (χ0n) is 12.1. The molecular weight excluding hydrogens is 244 g/mol. The van der Waals surface area contributed by atoms with Gasteiger partial charge in [-0.05, 0) is 26.2 Å². The predicted octanol–water partition coefficient (Wildman–Crippen LogP) is 2.61. The topological polar surface area (TPSA) is 69.6 Å². The standard InChI is InChI=1S/C14H26N2O3/c1-3-10-16(4-2)13(19)15-14(11-12(17)18)8-6-5-7-9-14/h3-11H2,1-2H3,(H,15,19)(H,17,18). The number of amides is 2. The Hall–Kier alpha value is -1.26. The summed E-state index contributed by atoms with van der Waals surface area (Å²) in [7, 11) is 0. The zero-order valence-corrected chi connectivity index (χ0v) is 12.1. The van der Waals surface area contributed by atoms with Crippen molar-refractivity contribution in [1.82, 2.24) is 10.2 Å². The quantitative estimate of drug-likeness (QED) is 0.779. The summed E-state index contributed by atoms with van der Waals surface area (Å²) in [4.78, 5) is 25.0. The van der Waals surface area contributed by atoms with Crippen LogP contribution in [-0.2, 0) is 4.79 Å². The molecule has 19 heavy (non-hydrogen) atoms. The van der Waals surface area contributed by atoms with Gasteiger partial charge in [0.25, 0.3) is 0 Å². The minimum atomic E-state index is -0.833. The van der Waals surface area contributed by atoms with E-state index in [2.05, 4.69) is 5.32 Å². The third kappa shape index (κ3) is 4.73. The molecule has 0 heterocycles. The van der Waals surface area contributed by atoms with Crippen LogP contribution >= 0.6 is 0 Å². The average Bonchev–Trinajstić information content (AvgIpc) is 2.35. The first kappa shape index (κ1) is 15.8. The summed E-state index contributed by atoms with van der Waals surface area (Å²) in [5, 5.41) is 12.1. The second kappa shape index (κ2) is 7.36. The molecule has 5 nitrogen and oxygen atoms in total. The largest absolute Gasteiger partial charge is 0.481 e. The molecule has 110 valence electrons. The van der Waals surface area contributed by atoms with Crippen molar-refractivity contribution in [1.29, 1.82) is 0 Å². The highest BCUT2D eigenvalue weighted by Crippen LogP contribution is 2.31. The fourth-order valence-corrected chi connectivity index (χ4v) is 2.84. The summed E-state index contributed by atoms with van der Waals surface area (Å²) in [6.45, 7) is 5.35. The van der Waals surface area contributed by atoms with Gasteiger partial charge in [-0.2, -0.15) is 0 Å². The number of carboxylic acid groups (broad SMARTS) is 1. The molecule has 0 bridgehead atoms. The van der Waals surface area contributed by atoms with E-state index in [4.69, 9.17) is 5.11 Å². The van der Waals surface area contributed by atoms with E-state index in [1.807, 2.05) is 13.8 Å². The van der Waals surface area contributed by atoms with Gasteiger partial charge in [-0.15, -0.1) is 0 Å². The van der Waals surface area contributed by atoms with Crippen molar-refractivity contribution in [2.45, 2.75) is 64.3 Å². The Morgan fingerprint density at radius 2 is 1.84 bits per heavy atom. The first-order valence-electron chi connectivity index (χ1n) is 7.32. The number of carbonyl (C=O) groups excluding carboxylic acids is 1. The highest BCUT2D eigenvalue weighted by molar-refractivity contribution is 5.77. The summed E-state index contributed by atoms with van der Waals surface area (Å²) in [6, 6.07) is -0.118. The van der Waals surface area contributed by atoms with E-state index < -0.39 is 11.5 Å². The maximum atomic E-state index is 12.2. The van der Waals surface area contributed by atoms with Crippen LogP contribution in [0.15, 0.2) is 0 Å². The summed E-state index contributed by atoms with van der Waals surface area (Å²) in [5.74, 6) is -0.833. The molecule has 0 spiro atoms. The van der Waals surface area contributed by atoms with Crippen molar-refractivity contribution < 1.29 is 14.7 Å². The molecule has 0 saturated heterocycles. The smallest absolute Gasteiger partial charge is 0.317 e. The molecule has 5 heteroatoms. The number of carbonyl (C=O) groups is 2. The molecule has 2 N–H and O–H groups in total. The Kier molecular flexibility index (Phi) is 6.12. The van der Waals surface area contributed by atoms with Crippen LogP contribution in [0.25, 0.3) is 0 Å². The Balaban J connectivity index is 2.70. The lowest BCUT2D eigenvalue weighted by atomic mass is 9.79. The van der Waals surface area contributed by atoms with Crippen LogP contribution < -0.4 is 5.32 Å². The fourth-order valence-electron chi connectivity index (χ4n) is 2.84. The number of carboxylic acids is 1. The number of hydrogen-bond acceptors (Lipinski definition) is 2. The molecule has 1 fully saturated rings. The highest BCUT2D eigenvalue weighted by Gasteiger charge is 2.36. The van der Waals surface area contributed by atoms with E-state index in [1.54, 1.807) is 4.90 Å². The average molecular weight is 270 g/mol. The Labute approximate surface area is 115 Å². The van der Waals surface area contributed by atoms with Crippen molar-refractivity contribution in [3.8, 4) is 0 Å². The summed E-state index contributed by atoms with van der Waals surface area (Å²) < 4.78 is 0. The minimum absolute atomic E-state index is 0.0302. The van der Waals surface area contributed by atoms with E-state index >= 15 is 0 Å². The highest BCUT2D eigenvalue weighted by atomic mass is 16.4. The van der Waals surface area contributed by atoms with Gasteiger partial charge in [0.15, 0.2) is 0 Å². The monoisotopic (exact) mass is 270 g/mol. The Morgan fingerprint density at radius 1 is 1.21 bits per heavy atom. The molecule has 0 aliphatic heterocycles. The van der Waals surface area contributed by atoms with Crippen LogP contribution in [0.4, 0.5) is 4.79 Å². The van der Waals surface area contributed by atoms with Gasteiger partial charge < -0.3 is 15.3 Å². The van der Waals surface area contributed by atoms with Crippen LogP contribution in [0.5, 0.6) is 0 Å². The number of rotatable bonds is 6. The number of nitrogens with zero attached hydrogens (tertiary/aromatic N) is 1. The molecule has 2 amide bonds. The van der Waals surface area contributed by atoms with Crippen molar-refractivity contribution >= 4 is 12.0 Å². The third-order valence-electron chi connectivity index (χ3n) is 3.83. The fraction of sp³-hybridized carbons (Fsp3) is 0.857. The molecular formula is C14H26N2O3. The molecule has 0 atom stereocenters. The van der Waals surface area contributed by atoms with Crippen LogP contribution in [0.2, 0.25) is 0 Å². The number of nitrogens with one attached hydrogen (secondary N) is 1. The van der Waals surface area contributed by atoms with Crippen LogP contribution in [0, 0.1) is 0 Å². The van der Waals surface area contributed by atoms with E-state index in [1.165, 1.54) is 0 Å². The number of aliphatic carboxylic acids is 1. The molecule has 0 aromatic rings. The van der Waals surface area contributed by atoms with Crippen LogP contribution in [0.1, 0.15) is 58.8 Å². The molecule has 1 rings (SSSR count). The van der Waals surface area contributed by atoms with Gasteiger partial charge in [0.2, 0.25) is 0 Å². The molecule has 0 radical (unpaired) electrons. The summed E-state index contributed by atoms with van der Waals surface area (Å²) >= 11 is 0. The van der Waals surface area contributed by atoms with Gasteiger partial charge in [0, 0.05) is 13.1 Å². The SMILES string of the molecule is CCCN(CC)C(=O)NC1(CC(=O)O)CCCCC1. The molecule has 1 aliphatic carbocycles. The van der Waals surface area contributed by atoms with E-state index in [9.17, 15) is 9.59 Å². The molecule has 0 unspecified atom stereocenters. The van der Waals surface area contributed by atoms with Gasteiger partial charge in [0.1, 0.15) is 0 Å². The lowest BCUT2D eigenvalue weighted by molar-refractivity contribution is -0.139. The Morgan fingerprint density at radius 3 is 2.32 bits per heavy atom. The van der Waals surface area contributed by atoms with Gasteiger partial charge in [-0.25, -0.2) is 4.79 Å². The van der Waals surface area contributed by atoms with Crippen LogP contribution in [0.3, 0.4) is 0 Å². The van der Waals surface area contributed by atoms with Crippen molar-refractivity contribution in [3.63, 3.8) is 0 Å². The van der Waals surface area contributed by atoms with E-state index in [0.29, 0.717) is 13.1 Å². The maximum Gasteiger partial charge on any atom is 0.317 e. The van der Waals surface area contributed by atoms with E-state index in [-0.39, 0.29) is 12.5 Å². The zero-order chi connectivity index (χ0) is 14.3. The minimum Gasteiger partial charge on any atom is -0.481 e. The van der Waals surface area contributed by atoms with Crippen LogP contribution in [-0.4, -0.2) is 40.6 Å². The molecule has 1 saturated carbocycles. The normalized spacial score (nSPS) is 17.8. The lowest BCUT2D eigenvalue weighted by Crippen LogP contribution is -2.55. The second-order valence-electron chi connectivity index (χ2n) is 5.42. The van der Waals surface area contributed by atoms with Gasteiger partial charge in [0.05, 0.1) is 12.0 Å².